The molecule has 6 nitrogen and oxygen atoms in total. The summed E-state index contributed by atoms with van der Waals surface area (Å²) in [5.74, 6) is -1.28. The van der Waals surface area contributed by atoms with Crippen molar-refractivity contribution in [1.29, 1.82) is 0 Å². The van der Waals surface area contributed by atoms with Gasteiger partial charge in [-0.2, -0.15) is 17.5 Å². The van der Waals surface area contributed by atoms with Crippen molar-refractivity contribution in [3.8, 4) is 11.5 Å². The van der Waals surface area contributed by atoms with E-state index in [-0.39, 0.29) is 22.8 Å². The highest BCUT2D eigenvalue weighted by Gasteiger charge is 2.46. The van der Waals surface area contributed by atoms with Crippen molar-refractivity contribution in [3.63, 3.8) is 0 Å². The van der Waals surface area contributed by atoms with Crippen LogP contribution in [-0.4, -0.2) is 21.4 Å². The molecule has 5 rings (SSSR count). The van der Waals surface area contributed by atoms with Crippen LogP contribution in [0.1, 0.15) is 44.8 Å². The van der Waals surface area contributed by atoms with Gasteiger partial charge in [-0.15, -0.1) is 0 Å². The van der Waals surface area contributed by atoms with Crippen LogP contribution in [0.5, 0.6) is 11.5 Å². The zero-order chi connectivity index (χ0) is 24.8. The molecule has 0 atom stereocenters. The Morgan fingerprint density at radius 3 is 2.40 bits per heavy atom. The number of carbonyl (C=O) groups is 2. The number of aromatic nitrogens is 1. The summed E-state index contributed by atoms with van der Waals surface area (Å²) in [5, 5.41) is 12.5. The quantitative estimate of drug-likeness (QED) is 0.329. The van der Waals surface area contributed by atoms with E-state index in [1.165, 1.54) is 24.3 Å². The summed E-state index contributed by atoms with van der Waals surface area (Å²) in [4.78, 5) is 24.4. The average molecular weight is 498 g/mol. The highest BCUT2D eigenvalue weighted by atomic mass is 32.1. The first-order chi connectivity index (χ1) is 16.7. The first kappa shape index (κ1) is 22.9. The summed E-state index contributed by atoms with van der Waals surface area (Å²) in [7, 11) is 0. The molecule has 35 heavy (non-hydrogen) atoms. The van der Waals surface area contributed by atoms with Gasteiger partial charge in [0.25, 0.3) is 5.91 Å². The second-order valence-electron chi connectivity index (χ2n) is 8.21. The number of carboxylic acid groups (broad SMARTS) is 1. The summed E-state index contributed by atoms with van der Waals surface area (Å²) in [6.45, 7) is 0. The summed E-state index contributed by atoms with van der Waals surface area (Å²) in [5.41, 5.74) is -0.413. The largest absolute Gasteiger partial charge is 0.478 e. The molecule has 1 aromatic heterocycles. The van der Waals surface area contributed by atoms with Gasteiger partial charge in [0, 0.05) is 0 Å². The minimum Gasteiger partial charge on any atom is -0.478 e. The molecule has 3 aromatic carbocycles. The van der Waals surface area contributed by atoms with E-state index in [1.807, 2.05) is 0 Å². The van der Waals surface area contributed by atoms with Gasteiger partial charge in [-0.05, 0) is 72.4 Å². The third-order valence-electron chi connectivity index (χ3n) is 5.85. The first-order valence-corrected chi connectivity index (χ1v) is 11.3. The lowest BCUT2D eigenvalue weighted by molar-refractivity contribution is -0.137. The Morgan fingerprint density at radius 2 is 1.74 bits per heavy atom. The van der Waals surface area contributed by atoms with Crippen LogP contribution in [0.3, 0.4) is 0 Å². The zero-order valence-electron chi connectivity index (χ0n) is 17.9. The minimum atomic E-state index is -4.51. The number of carboxylic acids is 1. The van der Waals surface area contributed by atoms with Gasteiger partial charge in [-0.25, -0.2) is 4.79 Å². The average Bonchev–Trinajstić information content (AvgIpc) is 3.47. The lowest BCUT2D eigenvalue weighted by atomic mass is 10.0. The number of nitrogens with zero attached hydrogens (tertiary/aromatic N) is 1. The number of amides is 1. The molecule has 10 heteroatoms. The van der Waals surface area contributed by atoms with Gasteiger partial charge in [0.15, 0.2) is 5.69 Å². The molecule has 0 unspecified atom stereocenters. The molecule has 2 N–H and O–H groups in total. The summed E-state index contributed by atoms with van der Waals surface area (Å²) < 4.78 is 50.0. The van der Waals surface area contributed by atoms with E-state index >= 15 is 0 Å². The van der Waals surface area contributed by atoms with Crippen molar-refractivity contribution in [3.05, 3.63) is 89.1 Å². The maximum atomic E-state index is 13.2. The molecule has 0 spiro atoms. The van der Waals surface area contributed by atoms with E-state index < -0.39 is 29.2 Å². The Labute approximate surface area is 201 Å². The summed E-state index contributed by atoms with van der Waals surface area (Å²) >= 11 is 1.09. The van der Waals surface area contributed by atoms with Crippen molar-refractivity contribution < 1.29 is 32.6 Å². The number of hydrogen-bond acceptors (Lipinski definition) is 5. The summed E-state index contributed by atoms with van der Waals surface area (Å²) in [6.07, 6.45) is -3.15. The zero-order valence-corrected chi connectivity index (χ0v) is 18.7. The standard InChI is InChI=1S/C25H17F3N2O4S/c26-25(27,28)16-3-1-4-17(13-16)34-18-5-2-6-19-20(18)21(30-35-19)22(31)29-24(11-12-24)15-9-7-14(8-10-15)23(32)33/h1-10,13H,11-12H2,(H,29,31)(H,32,33). The second-order valence-corrected chi connectivity index (χ2v) is 9.01. The van der Waals surface area contributed by atoms with E-state index in [0.29, 0.717) is 22.9 Å². The van der Waals surface area contributed by atoms with Gasteiger partial charge in [-0.3, -0.25) is 4.79 Å². The number of fused-ring (bicyclic) bond motifs is 1. The Bertz CT molecular complexity index is 1440. The molecule has 0 aliphatic heterocycles. The van der Waals surface area contributed by atoms with E-state index in [1.54, 1.807) is 30.3 Å². The Kier molecular flexibility index (Phi) is 5.47. The number of hydrogen-bond donors (Lipinski definition) is 2. The topological polar surface area (TPSA) is 88.5 Å². The van der Waals surface area contributed by atoms with Crippen LogP contribution >= 0.6 is 11.5 Å². The summed E-state index contributed by atoms with van der Waals surface area (Å²) in [6, 6.07) is 15.9. The van der Waals surface area contributed by atoms with Gasteiger partial charge in [-0.1, -0.05) is 24.3 Å². The van der Waals surface area contributed by atoms with Crippen molar-refractivity contribution in [2.75, 3.05) is 0 Å². The molecule has 1 heterocycles. The monoisotopic (exact) mass is 498 g/mol. The minimum absolute atomic E-state index is 0.0120. The van der Waals surface area contributed by atoms with Crippen molar-refractivity contribution in [2.24, 2.45) is 0 Å². The van der Waals surface area contributed by atoms with Crippen molar-refractivity contribution in [2.45, 2.75) is 24.6 Å². The highest BCUT2D eigenvalue weighted by molar-refractivity contribution is 7.13. The number of nitrogens with one attached hydrogen (secondary N) is 1. The van der Waals surface area contributed by atoms with Gasteiger partial charge in [0.1, 0.15) is 11.5 Å². The van der Waals surface area contributed by atoms with E-state index in [4.69, 9.17) is 9.84 Å². The molecule has 0 saturated heterocycles. The Morgan fingerprint density at radius 1 is 1.03 bits per heavy atom. The first-order valence-electron chi connectivity index (χ1n) is 10.6. The fraction of sp³-hybridized carbons (Fsp3) is 0.160. The lowest BCUT2D eigenvalue weighted by Crippen LogP contribution is -2.35. The number of ether oxygens (including phenoxy) is 1. The Hall–Kier alpha value is -3.92. The molecule has 0 bridgehead atoms. The van der Waals surface area contributed by atoms with E-state index in [9.17, 15) is 22.8 Å². The molecule has 1 amide bonds. The highest BCUT2D eigenvalue weighted by Crippen LogP contribution is 2.46. The molecule has 1 aliphatic carbocycles. The molecular weight excluding hydrogens is 481 g/mol. The van der Waals surface area contributed by atoms with Gasteiger partial charge in [0.05, 0.1) is 26.8 Å². The maximum Gasteiger partial charge on any atom is 0.416 e. The fourth-order valence-electron chi connectivity index (χ4n) is 3.88. The number of alkyl halides is 3. The van der Waals surface area contributed by atoms with E-state index in [2.05, 4.69) is 9.69 Å². The third-order valence-corrected chi connectivity index (χ3v) is 6.66. The van der Waals surface area contributed by atoms with Crippen molar-refractivity contribution in [1.82, 2.24) is 9.69 Å². The predicted octanol–water partition coefficient (Wildman–Crippen LogP) is 6.22. The van der Waals surface area contributed by atoms with Crippen LogP contribution in [0.15, 0.2) is 66.7 Å². The third kappa shape index (κ3) is 4.44. The lowest BCUT2D eigenvalue weighted by Gasteiger charge is -2.18. The van der Waals surface area contributed by atoms with Crippen LogP contribution in [0.4, 0.5) is 13.2 Å². The molecule has 1 fully saturated rings. The molecular formula is C25H17F3N2O4S. The van der Waals surface area contributed by atoms with Crippen molar-refractivity contribution >= 4 is 33.5 Å². The van der Waals surface area contributed by atoms with Crippen LogP contribution in [0.25, 0.3) is 10.1 Å². The fourth-order valence-corrected chi connectivity index (χ4v) is 4.67. The SMILES string of the molecule is O=C(O)c1ccc(C2(NC(=O)c3nsc4cccc(Oc5cccc(C(F)(F)F)c5)c34)CC2)cc1. The Balaban J connectivity index is 1.44. The molecule has 1 saturated carbocycles. The number of aromatic carboxylic acids is 1. The second kappa shape index (κ2) is 8.38. The van der Waals surface area contributed by atoms with Gasteiger partial charge < -0.3 is 15.2 Å². The van der Waals surface area contributed by atoms with Gasteiger partial charge in [0.2, 0.25) is 0 Å². The number of rotatable bonds is 6. The number of benzene rings is 3. The molecule has 1 aliphatic rings. The van der Waals surface area contributed by atoms with Crippen LogP contribution in [0.2, 0.25) is 0 Å². The predicted molar refractivity (Wildman–Crippen MR) is 123 cm³/mol. The molecule has 4 aromatic rings. The van der Waals surface area contributed by atoms with Crippen LogP contribution in [-0.2, 0) is 11.7 Å². The number of halogens is 3. The normalized spacial score (nSPS) is 14.5. The molecule has 178 valence electrons. The van der Waals surface area contributed by atoms with Crippen LogP contribution in [0, 0.1) is 0 Å². The van der Waals surface area contributed by atoms with Gasteiger partial charge >= 0.3 is 12.1 Å². The van der Waals surface area contributed by atoms with E-state index in [0.717, 1.165) is 29.2 Å². The van der Waals surface area contributed by atoms with Crippen LogP contribution < -0.4 is 10.1 Å². The molecule has 0 radical (unpaired) electrons. The smallest absolute Gasteiger partial charge is 0.416 e. The maximum absolute atomic E-state index is 13.2. The number of carbonyl (C=O) groups excluding carboxylic acids is 1.